The van der Waals surface area contributed by atoms with Crippen molar-refractivity contribution in [1.82, 2.24) is 4.90 Å². The molecule has 142 valence electrons. The number of rotatable bonds is 5. The van der Waals surface area contributed by atoms with Crippen LogP contribution in [-0.4, -0.2) is 35.3 Å². The van der Waals surface area contributed by atoms with Gasteiger partial charge in [0.15, 0.2) is 0 Å². The number of ether oxygens (including phenoxy) is 1. The van der Waals surface area contributed by atoms with Crippen LogP contribution in [0.1, 0.15) is 26.7 Å². The monoisotopic (exact) mass is 368 g/mol. The number of likely N-dealkylation sites (tertiary alicyclic amines) is 1. The van der Waals surface area contributed by atoms with Crippen molar-refractivity contribution >= 4 is 23.4 Å². The highest BCUT2D eigenvalue weighted by molar-refractivity contribution is 6.10. The summed E-state index contributed by atoms with van der Waals surface area (Å²) in [6.07, 6.45) is 6.05. The zero-order valence-electron chi connectivity index (χ0n) is 15.6. The number of amides is 3. The Kier molecular flexibility index (Phi) is 4.50. The van der Waals surface area contributed by atoms with Crippen molar-refractivity contribution in [1.29, 1.82) is 0 Å². The first-order valence-electron chi connectivity index (χ1n) is 9.60. The maximum absolute atomic E-state index is 12.9. The van der Waals surface area contributed by atoms with E-state index in [0.717, 1.165) is 18.6 Å². The predicted molar refractivity (Wildman–Crippen MR) is 99.9 cm³/mol. The Balaban J connectivity index is 1.47. The number of benzene rings is 1. The lowest BCUT2D eigenvalue weighted by Crippen LogP contribution is -2.46. The zero-order valence-corrected chi connectivity index (χ0v) is 15.6. The molecule has 5 rings (SSSR count). The quantitative estimate of drug-likeness (QED) is 0.640. The lowest BCUT2D eigenvalue weighted by atomic mass is 9.63. The van der Waals surface area contributed by atoms with Crippen molar-refractivity contribution in [2.75, 3.05) is 11.9 Å². The van der Waals surface area contributed by atoms with Crippen LogP contribution in [0.3, 0.4) is 0 Å². The van der Waals surface area contributed by atoms with Gasteiger partial charge in [-0.3, -0.25) is 19.3 Å². The van der Waals surface area contributed by atoms with Crippen molar-refractivity contribution < 1.29 is 19.1 Å². The lowest BCUT2D eigenvalue weighted by Gasteiger charge is -2.38. The Hall–Kier alpha value is -2.63. The van der Waals surface area contributed by atoms with Crippen LogP contribution in [0, 0.1) is 23.7 Å². The maximum atomic E-state index is 12.9. The van der Waals surface area contributed by atoms with Gasteiger partial charge in [0.25, 0.3) is 0 Å². The van der Waals surface area contributed by atoms with Crippen molar-refractivity contribution in [2.24, 2.45) is 23.7 Å². The first kappa shape index (κ1) is 17.8. The second-order valence-electron chi connectivity index (χ2n) is 7.51. The molecule has 6 nitrogen and oxygen atoms in total. The van der Waals surface area contributed by atoms with Gasteiger partial charge in [0.05, 0.1) is 18.4 Å². The Morgan fingerprint density at radius 1 is 1.11 bits per heavy atom. The lowest BCUT2D eigenvalue weighted by molar-refractivity contribution is -0.146. The molecule has 1 saturated carbocycles. The minimum atomic E-state index is -0.832. The highest BCUT2D eigenvalue weighted by Gasteiger charge is 2.58. The topological polar surface area (TPSA) is 75.7 Å². The number of nitrogens with one attached hydrogen (secondary N) is 1. The SMILES string of the molecule is CCOc1ccc(NC(=O)C(C)N2C(=O)C3C4C=CC(CC4)C3C2=O)cc1. The molecule has 5 atom stereocenters. The zero-order chi connectivity index (χ0) is 19.1. The number of anilines is 1. The molecule has 5 unspecified atom stereocenters. The second kappa shape index (κ2) is 6.83. The van der Waals surface area contributed by atoms with Crippen molar-refractivity contribution in [2.45, 2.75) is 32.7 Å². The fraction of sp³-hybridized carbons (Fsp3) is 0.476. The molecule has 0 radical (unpaired) electrons. The standard InChI is InChI=1S/C21H24N2O4/c1-3-27-16-10-8-15(9-11-16)22-19(24)12(2)23-20(25)17-13-4-5-14(7-6-13)18(17)21(23)26/h4-5,8-14,17-18H,3,6-7H2,1-2H3,(H,22,24). The summed E-state index contributed by atoms with van der Waals surface area (Å²) >= 11 is 0. The van der Waals surface area contributed by atoms with Gasteiger partial charge in [-0.1, -0.05) is 12.2 Å². The number of allylic oxidation sites excluding steroid dienone is 2. The summed E-state index contributed by atoms with van der Waals surface area (Å²) in [6, 6.07) is 6.20. The first-order valence-corrected chi connectivity index (χ1v) is 9.60. The van der Waals surface area contributed by atoms with E-state index < -0.39 is 6.04 Å². The largest absolute Gasteiger partial charge is 0.494 e. The minimum Gasteiger partial charge on any atom is -0.494 e. The fourth-order valence-corrected chi connectivity index (χ4v) is 4.64. The van der Waals surface area contributed by atoms with E-state index in [4.69, 9.17) is 4.74 Å². The molecule has 2 fully saturated rings. The van der Waals surface area contributed by atoms with Crippen molar-refractivity contribution in [3.63, 3.8) is 0 Å². The van der Waals surface area contributed by atoms with Crippen LogP contribution in [0.2, 0.25) is 0 Å². The Morgan fingerprint density at radius 3 is 2.15 bits per heavy atom. The number of nitrogens with zero attached hydrogens (tertiary/aromatic N) is 1. The molecule has 1 aromatic carbocycles. The summed E-state index contributed by atoms with van der Waals surface area (Å²) in [5, 5.41) is 2.79. The maximum Gasteiger partial charge on any atom is 0.247 e. The van der Waals surface area contributed by atoms with E-state index >= 15 is 0 Å². The van der Waals surface area contributed by atoms with Crippen molar-refractivity contribution in [3.8, 4) is 5.75 Å². The normalized spacial score (nSPS) is 29.6. The van der Waals surface area contributed by atoms with Crippen LogP contribution in [-0.2, 0) is 14.4 Å². The highest BCUT2D eigenvalue weighted by Crippen LogP contribution is 2.49. The van der Waals surface area contributed by atoms with Gasteiger partial charge >= 0.3 is 0 Å². The van der Waals surface area contributed by atoms with E-state index in [2.05, 4.69) is 17.5 Å². The summed E-state index contributed by atoms with van der Waals surface area (Å²) in [7, 11) is 0. The van der Waals surface area contributed by atoms with Crippen molar-refractivity contribution in [3.05, 3.63) is 36.4 Å². The first-order chi connectivity index (χ1) is 13.0. The minimum absolute atomic E-state index is 0.128. The van der Waals surface area contributed by atoms with E-state index in [1.54, 1.807) is 31.2 Å². The summed E-state index contributed by atoms with van der Waals surface area (Å²) < 4.78 is 5.39. The summed E-state index contributed by atoms with van der Waals surface area (Å²) in [5.74, 6) is -0.355. The Bertz CT molecular complexity index is 769. The van der Waals surface area contributed by atoms with Gasteiger partial charge in [0, 0.05) is 5.69 Å². The number of carbonyl (C=O) groups is 3. The van der Waals surface area contributed by atoms with Crippen LogP contribution in [0.15, 0.2) is 36.4 Å². The average Bonchev–Trinajstić information content (AvgIpc) is 2.97. The molecule has 2 bridgehead atoms. The third kappa shape index (κ3) is 2.93. The molecule has 1 aromatic rings. The molecule has 1 heterocycles. The van der Waals surface area contributed by atoms with E-state index in [-0.39, 0.29) is 41.4 Å². The highest BCUT2D eigenvalue weighted by atomic mass is 16.5. The van der Waals surface area contributed by atoms with E-state index in [1.807, 2.05) is 6.92 Å². The van der Waals surface area contributed by atoms with E-state index in [0.29, 0.717) is 12.3 Å². The molecule has 0 aromatic heterocycles. The molecular formula is C21H24N2O4. The Labute approximate surface area is 158 Å². The van der Waals surface area contributed by atoms with Gasteiger partial charge in [0.1, 0.15) is 11.8 Å². The molecule has 1 N–H and O–H groups in total. The third-order valence-corrected chi connectivity index (χ3v) is 5.99. The molecule has 6 heteroatoms. The average molecular weight is 368 g/mol. The third-order valence-electron chi connectivity index (χ3n) is 5.99. The molecule has 0 spiro atoms. The molecular weight excluding hydrogens is 344 g/mol. The molecule has 3 aliphatic carbocycles. The summed E-state index contributed by atoms with van der Waals surface area (Å²) in [6.45, 7) is 4.09. The van der Waals surface area contributed by atoms with Gasteiger partial charge in [-0.25, -0.2) is 0 Å². The fourth-order valence-electron chi connectivity index (χ4n) is 4.64. The van der Waals surface area contributed by atoms with Gasteiger partial charge < -0.3 is 10.1 Å². The van der Waals surface area contributed by atoms with Crippen LogP contribution >= 0.6 is 0 Å². The number of hydrogen-bond donors (Lipinski definition) is 1. The van der Waals surface area contributed by atoms with Gasteiger partial charge in [-0.15, -0.1) is 0 Å². The molecule has 27 heavy (non-hydrogen) atoms. The second-order valence-corrected chi connectivity index (χ2v) is 7.51. The van der Waals surface area contributed by atoms with Gasteiger partial charge in [0.2, 0.25) is 17.7 Å². The smallest absolute Gasteiger partial charge is 0.247 e. The number of hydrogen-bond acceptors (Lipinski definition) is 4. The number of imide groups is 1. The Morgan fingerprint density at radius 2 is 1.67 bits per heavy atom. The van der Waals surface area contributed by atoms with E-state index in [9.17, 15) is 14.4 Å². The van der Waals surface area contributed by atoms with Crippen LogP contribution in [0.4, 0.5) is 5.69 Å². The molecule has 1 aliphatic heterocycles. The van der Waals surface area contributed by atoms with E-state index in [1.165, 1.54) is 4.90 Å². The molecule has 3 amide bonds. The van der Waals surface area contributed by atoms with Crippen LogP contribution in [0.25, 0.3) is 0 Å². The number of carbonyl (C=O) groups excluding carboxylic acids is 3. The predicted octanol–water partition coefficient (Wildman–Crippen LogP) is 2.61. The molecule has 1 saturated heterocycles. The number of fused-ring (bicyclic) bond motifs is 1. The summed E-state index contributed by atoms with van der Waals surface area (Å²) in [4.78, 5) is 39.7. The van der Waals surface area contributed by atoms with Gasteiger partial charge in [-0.05, 0) is 62.8 Å². The molecule has 4 aliphatic rings. The van der Waals surface area contributed by atoms with Gasteiger partial charge in [-0.2, -0.15) is 0 Å². The van der Waals surface area contributed by atoms with Crippen LogP contribution in [0.5, 0.6) is 5.75 Å². The van der Waals surface area contributed by atoms with Crippen LogP contribution < -0.4 is 10.1 Å². The summed E-state index contributed by atoms with van der Waals surface area (Å²) in [5.41, 5.74) is 0.605.